The number of carbonyl (C=O) groups is 1. The van der Waals surface area contributed by atoms with Gasteiger partial charge in [-0.25, -0.2) is 8.42 Å². The van der Waals surface area contributed by atoms with Crippen LogP contribution in [-0.4, -0.2) is 70.6 Å². The highest BCUT2D eigenvalue weighted by Gasteiger charge is 2.35. The minimum Gasteiger partial charge on any atom is -0.493 e. The van der Waals surface area contributed by atoms with Crippen molar-refractivity contribution in [2.24, 2.45) is 0 Å². The molecule has 2 heterocycles. The van der Waals surface area contributed by atoms with E-state index in [1.165, 1.54) is 36.3 Å². The minimum absolute atomic E-state index is 0.0348. The van der Waals surface area contributed by atoms with E-state index in [0.717, 1.165) is 9.87 Å². The van der Waals surface area contributed by atoms with Crippen molar-refractivity contribution in [1.29, 1.82) is 0 Å². The van der Waals surface area contributed by atoms with Gasteiger partial charge in [0.25, 0.3) is 0 Å². The third-order valence-electron chi connectivity index (χ3n) is 6.19. The lowest BCUT2D eigenvalue weighted by molar-refractivity contribution is -0.135. The summed E-state index contributed by atoms with van der Waals surface area (Å²) in [5, 5.41) is 2.43. The van der Waals surface area contributed by atoms with E-state index < -0.39 is 10.0 Å². The molecule has 0 radical (unpaired) electrons. The average Bonchev–Trinajstić information content (AvgIpc) is 3.39. The number of para-hydroxylation sites is 2. The van der Waals surface area contributed by atoms with Crippen molar-refractivity contribution in [2.75, 3.05) is 47.1 Å². The minimum atomic E-state index is -3.95. The summed E-state index contributed by atoms with van der Waals surface area (Å²) in [4.78, 5) is 16.6. The first-order valence-electron chi connectivity index (χ1n) is 11.7. The van der Waals surface area contributed by atoms with Gasteiger partial charge in [-0.05, 0) is 59.8 Å². The maximum Gasteiger partial charge on any atom is 0.243 e. The first kappa shape index (κ1) is 27.4. The third-order valence-corrected chi connectivity index (χ3v) is 9.30. The van der Waals surface area contributed by atoms with Gasteiger partial charge in [0.1, 0.15) is 6.61 Å². The van der Waals surface area contributed by atoms with E-state index in [-0.39, 0.29) is 43.1 Å². The number of benzene rings is 2. The van der Waals surface area contributed by atoms with E-state index in [9.17, 15) is 13.2 Å². The number of thiophene rings is 1. The van der Waals surface area contributed by atoms with Crippen LogP contribution < -0.4 is 9.47 Å². The van der Waals surface area contributed by atoms with Gasteiger partial charge in [0.2, 0.25) is 15.9 Å². The second-order valence-electron chi connectivity index (χ2n) is 8.40. The smallest absolute Gasteiger partial charge is 0.243 e. The quantitative estimate of drug-likeness (QED) is 0.346. The van der Waals surface area contributed by atoms with E-state index in [1.54, 1.807) is 23.3 Å². The normalized spacial score (nSPS) is 15.5. The molecule has 0 aliphatic carbocycles. The molecule has 0 spiro atoms. The summed E-state index contributed by atoms with van der Waals surface area (Å²) < 4.78 is 44.6. The molecule has 1 amide bonds. The van der Waals surface area contributed by atoms with Gasteiger partial charge in [-0.2, -0.15) is 4.31 Å². The number of nitrogens with zero attached hydrogens (tertiary/aromatic N) is 2. The highest BCUT2D eigenvalue weighted by atomic mass is 35.5. The first-order valence-corrected chi connectivity index (χ1v) is 14.4. The maximum absolute atomic E-state index is 13.7. The summed E-state index contributed by atoms with van der Waals surface area (Å²) in [6.45, 7) is 0.532. The highest BCUT2D eigenvalue weighted by Crippen LogP contribution is 2.35. The fourth-order valence-corrected chi connectivity index (χ4v) is 6.68. The van der Waals surface area contributed by atoms with E-state index >= 15 is 0 Å². The zero-order valence-corrected chi connectivity index (χ0v) is 23.0. The predicted octanol–water partition coefficient (Wildman–Crippen LogP) is 4.25. The molecule has 0 saturated carbocycles. The Morgan fingerprint density at radius 2 is 1.84 bits per heavy atom. The lowest BCUT2D eigenvalue weighted by Crippen LogP contribution is -2.48. The summed E-state index contributed by atoms with van der Waals surface area (Å²) in [6.07, 6.45) is 0.700. The van der Waals surface area contributed by atoms with Crippen LogP contribution in [0.25, 0.3) is 0 Å². The Kier molecular flexibility index (Phi) is 9.09. The molecule has 4 rings (SSSR count). The number of carbonyl (C=O) groups excluding carboxylic acids is 1. The number of amides is 1. The fourth-order valence-electron chi connectivity index (χ4n) is 4.26. The molecule has 0 fully saturated rings. The number of ether oxygens (including phenoxy) is 3. The summed E-state index contributed by atoms with van der Waals surface area (Å²) in [5.74, 6) is 0.868. The van der Waals surface area contributed by atoms with Crippen molar-refractivity contribution in [3.8, 4) is 11.5 Å². The van der Waals surface area contributed by atoms with E-state index in [0.29, 0.717) is 29.5 Å². The number of hydrogen-bond acceptors (Lipinski definition) is 7. The summed E-state index contributed by atoms with van der Waals surface area (Å²) in [6, 6.07) is 14.9. The van der Waals surface area contributed by atoms with Gasteiger partial charge in [0.05, 0.1) is 31.2 Å². The van der Waals surface area contributed by atoms with Crippen LogP contribution in [0.5, 0.6) is 11.5 Å². The Hall–Kier alpha value is -2.63. The molecule has 3 aromatic rings. The zero-order chi connectivity index (χ0) is 26.4. The standard InChI is InChI=1S/C26H29ClN2O6S2/c1-33-15-14-28(37(31,32)20-9-7-19(27)8-10-20)17-26(30)29-13-11-25-21(12-16-36-25)22(29)18-35-24-6-4-3-5-23(24)34-2/h3-10,12,16,22H,11,13-15,17-18H2,1-2H3/t22-/m0/s1. The van der Waals surface area contributed by atoms with Gasteiger partial charge in [0, 0.05) is 30.1 Å². The van der Waals surface area contributed by atoms with Crippen molar-refractivity contribution < 1.29 is 27.4 Å². The fraction of sp³-hybridized carbons (Fsp3) is 0.346. The first-order chi connectivity index (χ1) is 17.8. The van der Waals surface area contributed by atoms with Crippen molar-refractivity contribution >= 4 is 38.9 Å². The largest absolute Gasteiger partial charge is 0.493 e. The van der Waals surface area contributed by atoms with E-state index in [4.69, 9.17) is 25.8 Å². The average molecular weight is 565 g/mol. The molecule has 11 heteroatoms. The van der Waals surface area contributed by atoms with Gasteiger partial charge in [-0.3, -0.25) is 4.79 Å². The Morgan fingerprint density at radius 1 is 1.11 bits per heavy atom. The molecular weight excluding hydrogens is 536 g/mol. The van der Waals surface area contributed by atoms with Crippen molar-refractivity contribution in [3.63, 3.8) is 0 Å². The van der Waals surface area contributed by atoms with Crippen LogP contribution in [0.3, 0.4) is 0 Å². The van der Waals surface area contributed by atoms with Crippen LogP contribution in [0.2, 0.25) is 5.02 Å². The molecule has 0 unspecified atom stereocenters. The summed E-state index contributed by atoms with van der Waals surface area (Å²) >= 11 is 7.59. The highest BCUT2D eigenvalue weighted by molar-refractivity contribution is 7.89. The molecule has 1 aliphatic heterocycles. The molecular formula is C26H29ClN2O6S2. The summed E-state index contributed by atoms with van der Waals surface area (Å²) in [7, 11) is -0.890. The molecule has 1 aromatic heterocycles. The Balaban J connectivity index is 1.57. The molecule has 1 atom stereocenters. The van der Waals surface area contributed by atoms with Gasteiger partial charge >= 0.3 is 0 Å². The van der Waals surface area contributed by atoms with Crippen LogP contribution in [0.4, 0.5) is 0 Å². The number of halogens is 1. The van der Waals surface area contributed by atoms with Crippen molar-refractivity contribution in [3.05, 3.63) is 75.4 Å². The van der Waals surface area contributed by atoms with Crippen LogP contribution in [0, 0.1) is 0 Å². The van der Waals surface area contributed by atoms with Crippen molar-refractivity contribution in [1.82, 2.24) is 9.21 Å². The van der Waals surface area contributed by atoms with Crippen LogP contribution in [-0.2, 0) is 26.0 Å². The molecule has 1 aliphatic rings. The number of fused-ring (bicyclic) bond motifs is 1. The Bertz CT molecular complexity index is 1310. The molecule has 37 heavy (non-hydrogen) atoms. The van der Waals surface area contributed by atoms with E-state index in [1.807, 2.05) is 35.7 Å². The van der Waals surface area contributed by atoms with E-state index in [2.05, 4.69) is 0 Å². The van der Waals surface area contributed by atoms with Crippen LogP contribution >= 0.6 is 22.9 Å². The third kappa shape index (κ3) is 6.27. The van der Waals surface area contributed by atoms with Gasteiger partial charge < -0.3 is 19.1 Å². The summed E-state index contributed by atoms with van der Waals surface area (Å²) in [5.41, 5.74) is 1.02. The SMILES string of the molecule is COCCN(CC(=O)N1CCc2sccc2[C@@H]1COc1ccccc1OC)S(=O)(=O)c1ccc(Cl)cc1. The molecule has 0 N–H and O–H groups in total. The van der Waals surface area contributed by atoms with Crippen LogP contribution in [0.15, 0.2) is 64.9 Å². The number of hydrogen-bond donors (Lipinski definition) is 0. The Morgan fingerprint density at radius 3 is 2.54 bits per heavy atom. The molecule has 8 nitrogen and oxygen atoms in total. The lowest BCUT2D eigenvalue weighted by Gasteiger charge is -2.37. The van der Waals surface area contributed by atoms with Crippen LogP contribution in [0.1, 0.15) is 16.5 Å². The van der Waals surface area contributed by atoms with Gasteiger partial charge in [0.15, 0.2) is 11.5 Å². The second-order valence-corrected chi connectivity index (χ2v) is 11.8. The zero-order valence-electron chi connectivity index (χ0n) is 20.6. The number of rotatable bonds is 11. The Labute approximate surface area is 226 Å². The molecule has 198 valence electrons. The monoisotopic (exact) mass is 564 g/mol. The predicted molar refractivity (Wildman–Crippen MR) is 143 cm³/mol. The number of sulfonamides is 1. The maximum atomic E-state index is 13.7. The lowest BCUT2D eigenvalue weighted by atomic mass is 10.0. The molecule has 2 aromatic carbocycles. The number of methoxy groups -OCH3 is 2. The second kappa shape index (κ2) is 12.3. The molecule has 0 bridgehead atoms. The molecule has 0 saturated heterocycles. The van der Waals surface area contributed by atoms with Gasteiger partial charge in [-0.1, -0.05) is 23.7 Å². The van der Waals surface area contributed by atoms with Crippen molar-refractivity contribution in [2.45, 2.75) is 17.4 Å². The van der Waals surface area contributed by atoms with Gasteiger partial charge in [-0.15, -0.1) is 11.3 Å². The topological polar surface area (TPSA) is 85.4 Å².